The van der Waals surface area contributed by atoms with Gasteiger partial charge in [0.15, 0.2) is 0 Å². The number of halogens is 2. The molecule has 3 unspecified atom stereocenters. The van der Waals surface area contributed by atoms with Crippen LogP contribution in [0.4, 0.5) is 0 Å². The standard InChI is InChI=1S/C11H16O2.2ClH.Pt/c1-7(12)13-9-4-8-5-10(8)11(2,3)6-9;;;/h8-10H,5-6H2,1-3H3;2*1H;/q;;;+2/p-2. The van der Waals surface area contributed by atoms with Crippen LogP contribution in [-0.2, 0) is 30.6 Å². The number of hydrogen-bond donors (Lipinski definition) is 0. The van der Waals surface area contributed by atoms with E-state index in [2.05, 4.69) is 20.3 Å². The smallest absolute Gasteiger partial charge is 1.00 e. The Balaban J connectivity index is 0. The number of hydrogen-bond acceptors (Lipinski definition) is 2. The molecule has 2 aliphatic rings. The Bertz CT molecular complexity index is 246. The average molecular weight is 446 g/mol. The summed E-state index contributed by atoms with van der Waals surface area (Å²) >= 11 is 0. The van der Waals surface area contributed by atoms with Crippen LogP contribution < -0.4 is 24.8 Å². The van der Waals surface area contributed by atoms with E-state index >= 15 is 0 Å². The molecule has 0 aromatic rings. The summed E-state index contributed by atoms with van der Waals surface area (Å²) in [5.41, 5.74) is 0.329. The van der Waals surface area contributed by atoms with Crippen LogP contribution in [0.25, 0.3) is 0 Å². The summed E-state index contributed by atoms with van der Waals surface area (Å²) in [4.78, 5) is 10.8. The van der Waals surface area contributed by atoms with Gasteiger partial charge in [-0.15, -0.1) is 0 Å². The van der Waals surface area contributed by atoms with Crippen molar-refractivity contribution in [2.75, 3.05) is 0 Å². The first-order valence-electron chi connectivity index (χ1n) is 4.92. The Labute approximate surface area is 124 Å². The maximum Gasteiger partial charge on any atom is 2.00 e. The van der Waals surface area contributed by atoms with Gasteiger partial charge in [0.25, 0.3) is 0 Å². The first-order valence-corrected chi connectivity index (χ1v) is 4.92. The van der Waals surface area contributed by atoms with E-state index in [9.17, 15) is 4.79 Å². The summed E-state index contributed by atoms with van der Waals surface area (Å²) in [6, 6.07) is 0. The van der Waals surface area contributed by atoms with Gasteiger partial charge in [-0.2, -0.15) is 0 Å². The molecule has 2 aliphatic carbocycles. The fourth-order valence-corrected chi connectivity index (χ4v) is 2.45. The Morgan fingerprint density at radius 1 is 1.38 bits per heavy atom. The van der Waals surface area contributed by atoms with Gasteiger partial charge in [-0.3, -0.25) is 4.79 Å². The number of carbonyl (C=O) groups is 1. The molecular formula is C11H16Cl2O2Pt. The number of ether oxygens (including phenoxy) is 1. The summed E-state index contributed by atoms with van der Waals surface area (Å²) in [7, 11) is 0. The van der Waals surface area contributed by atoms with E-state index in [4.69, 9.17) is 4.74 Å². The Hall–Kier alpha value is 0.738. The van der Waals surface area contributed by atoms with Gasteiger partial charge in [0.2, 0.25) is 0 Å². The largest absolute Gasteiger partial charge is 2.00 e. The van der Waals surface area contributed by atoms with Crippen molar-refractivity contribution in [1.82, 2.24) is 0 Å². The van der Waals surface area contributed by atoms with Gasteiger partial charge in [-0.05, 0) is 30.1 Å². The molecule has 0 amide bonds. The van der Waals surface area contributed by atoms with Crippen molar-refractivity contribution in [2.24, 2.45) is 17.3 Å². The Morgan fingerprint density at radius 3 is 2.38 bits per heavy atom. The molecule has 96 valence electrons. The third-order valence-electron chi connectivity index (χ3n) is 3.21. The second-order valence-corrected chi connectivity index (χ2v) is 4.91. The molecule has 2 fully saturated rings. The minimum absolute atomic E-state index is 0. The molecule has 0 spiro atoms. The van der Waals surface area contributed by atoms with Crippen molar-refractivity contribution in [1.29, 1.82) is 0 Å². The minimum atomic E-state index is -0.188. The van der Waals surface area contributed by atoms with Crippen molar-refractivity contribution in [3.05, 3.63) is 6.42 Å². The van der Waals surface area contributed by atoms with Gasteiger partial charge in [-0.25, -0.2) is 0 Å². The molecule has 0 N–H and O–H groups in total. The number of rotatable bonds is 1. The van der Waals surface area contributed by atoms with E-state index < -0.39 is 0 Å². The van der Waals surface area contributed by atoms with Gasteiger partial charge in [0, 0.05) is 13.3 Å². The van der Waals surface area contributed by atoms with Crippen LogP contribution in [0.15, 0.2) is 0 Å². The predicted octanol–water partition coefficient (Wildman–Crippen LogP) is -3.93. The minimum Gasteiger partial charge on any atom is -1.00 e. The molecule has 0 bridgehead atoms. The van der Waals surface area contributed by atoms with E-state index in [1.807, 2.05) is 0 Å². The topological polar surface area (TPSA) is 26.3 Å². The van der Waals surface area contributed by atoms with Gasteiger partial charge >= 0.3 is 27.0 Å². The molecule has 2 nitrogen and oxygen atoms in total. The summed E-state index contributed by atoms with van der Waals surface area (Å²) in [5, 5.41) is 0. The van der Waals surface area contributed by atoms with E-state index in [1.165, 1.54) is 13.3 Å². The van der Waals surface area contributed by atoms with Crippen LogP contribution in [-0.4, -0.2) is 12.1 Å². The SMILES string of the molecule is CC(=O)OC1[C]C2CC2C(C)(C)C1.[Cl-].[Cl-].[Pt+2]. The maximum absolute atomic E-state index is 10.8. The average Bonchev–Trinajstić information content (AvgIpc) is 2.62. The van der Waals surface area contributed by atoms with Gasteiger partial charge < -0.3 is 29.6 Å². The van der Waals surface area contributed by atoms with Gasteiger partial charge in [0.1, 0.15) is 6.10 Å². The van der Waals surface area contributed by atoms with Crippen LogP contribution in [0, 0.1) is 23.7 Å². The quantitative estimate of drug-likeness (QED) is 0.385. The van der Waals surface area contributed by atoms with Crippen molar-refractivity contribution in [3.63, 3.8) is 0 Å². The van der Waals surface area contributed by atoms with Crippen molar-refractivity contribution < 1.29 is 55.4 Å². The molecule has 0 heterocycles. The molecule has 0 aliphatic heterocycles. The monoisotopic (exact) mass is 445 g/mol. The molecule has 0 saturated heterocycles. The number of fused-ring (bicyclic) bond motifs is 1. The van der Waals surface area contributed by atoms with Crippen LogP contribution >= 0.6 is 0 Å². The summed E-state index contributed by atoms with van der Waals surface area (Å²) < 4.78 is 5.17. The predicted molar refractivity (Wildman–Crippen MR) is 48.8 cm³/mol. The zero-order chi connectivity index (χ0) is 9.64. The summed E-state index contributed by atoms with van der Waals surface area (Å²) in [5.74, 6) is 1.19. The van der Waals surface area contributed by atoms with Crippen molar-refractivity contribution in [3.8, 4) is 0 Å². The zero-order valence-electron chi connectivity index (χ0n) is 9.53. The second kappa shape index (κ2) is 6.61. The van der Waals surface area contributed by atoms with E-state index in [-0.39, 0.29) is 58.0 Å². The molecule has 0 aromatic heterocycles. The van der Waals surface area contributed by atoms with Gasteiger partial charge in [-0.1, -0.05) is 13.8 Å². The first-order chi connectivity index (χ1) is 5.99. The molecule has 5 heteroatoms. The van der Waals surface area contributed by atoms with E-state index in [1.54, 1.807) is 0 Å². The van der Waals surface area contributed by atoms with Gasteiger partial charge in [0.05, 0.1) is 0 Å². The number of carbonyl (C=O) groups excluding carboxylic acids is 1. The van der Waals surface area contributed by atoms with E-state index in [0.717, 1.165) is 12.3 Å². The summed E-state index contributed by atoms with van der Waals surface area (Å²) in [6.45, 7) is 5.98. The molecule has 3 atom stereocenters. The molecule has 16 heavy (non-hydrogen) atoms. The third-order valence-corrected chi connectivity index (χ3v) is 3.21. The fraction of sp³-hybridized carbons (Fsp3) is 0.818. The molecular weight excluding hydrogens is 430 g/mol. The van der Waals surface area contributed by atoms with Crippen LogP contribution in [0.2, 0.25) is 0 Å². The molecule has 0 aromatic carbocycles. The molecule has 2 saturated carbocycles. The molecule has 2 rings (SSSR count). The Kier molecular flexibility index (Phi) is 7.89. The Morgan fingerprint density at radius 2 is 1.94 bits per heavy atom. The molecule has 2 radical (unpaired) electrons. The second-order valence-electron chi connectivity index (χ2n) is 4.91. The van der Waals surface area contributed by atoms with Crippen molar-refractivity contribution >= 4 is 5.97 Å². The zero-order valence-corrected chi connectivity index (χ0v) is 13.3. The maximum atomic E-state index is 10.8. The van der Waals surface area contributed by atoms with Crippen LogP contribution in [0.5, 0.6) is 0 Å². The fourth-order valence-electron chi connectivity index (χ4n) is 2.45. The number of esters is 1. The van der Waals surface area contributed by atoms with Crippen molar-refractivity contribution in [2.45, 2.75) is 39.7 Å². The first kappa shape index (κ1) is 19.1. The normalized spacial score (nSPS) is 33.1. The summed E-state index contributed by atoms with van der Waals surface area (Å²) in [6.07, 6.45) is 5.45. The van der Waals surface area contributed by atoms with Crippen LogP contribution in [0.1, 0.15) is 33.6 Å². The van der Waals surface area contributed by atoms with E-state index in [0.29, 0.717) is 11.3 Å². The third kappa shape index (κ3) is 4.20. The van der Waals surface area contributed by atoms with Crippen LogP contribution in [0.3, 0.4) is 0 Å².